The molecule has 0 amide bonds. The molecular formula is C13H20O4. The second-order valence-corrected chi connectivity index (χ2v) is 5.87. The van der Waals surface area contributed by atoms with Gasteiger partial charge in [0, 0.05) is 6.42 Å². The molecule has 1 heterocycles. The Morgan fingerprint density at radius 1 is 1.47 bits per heavy atom. The first-order chi connectivity index (χ1) is 7.82. The summed E-state index contributed by atoms with van der Waals surface area (Å²) >= 11 is 0. The van der Waals surface area contributed by atoms with Gasteiger partial charge in [0.25, 0.3) is 0 Å². The Kier molecular flexibility index (Phi) is 2.92. The van der Waals surface area contributed by atoms with Crippen molar-refractivity contribution in [3.8, 4) is 0 Å². The molecule has 0 aromatic heterocycles. The van der Waals surface area contributed by atoms with Gasteiger partial charge in [-0.3, -0.25) is 9.59 Å². The standard InChI is InChI=1S/C13H20O4/c1-7(2)16-12(15)10-8(3)5-13(4)6-9(10)11(14)17-13/h7-10H,5-6H2,1-4H3/t8-,9+,10+,13-/m1/s1. The molecule has 96 valence electrons. The predicted octanol–water partition coefficient (Wildman–Crippen LogP) is 1.92. The molecule has 2 bridgehead atoms. The zero-order chi connectivity index (χ0) is 12.8. The molecule has 2 rings (SSSR count). The van der Waals surface area contributed by atoms with E-state index in [2.05, 4.69) is 0 Å². The summed E-state index contributed by atoms with van der Waals surface area (Å²) in [6.45, 7) is 7.59. The summed E-state index contributed by atoms with van der Waals surface area (Å²) in [5, 5.41) is 0. The number of carbonyl (C=O) groups excluding carboxylic acids is 2. The van der Waals surface area contributed by atoms with Crippen LogP contribution >= 0.6 is 0 Å². The fourth-order valence-corrected chi connectivity index (χ4v) is 3.22. The number of ether oxygens (including phenoxy) is 2. The number of fused-ring (bicyclic) bond motifs is 2. The van der Waals surface area contributed by atoms with Gasteiger partial charge in [0.1, 0.15) is 5.60 Å². The van der Waals surface area contributed by atoms with Crippen molar-refractivity contribution < 1.29 is 19.1 Å². The quantitative estimate of drug-likeness (QED) is 0.692. The maximum Gasteiger partial charge on any atom is 0.310 e. The third-order valence-corrected chi connectivity index (χ3v) is 3.73. The van der Waals surface area contributed by atoms with E-state index in [-0.39, 0.29) is 41.4 Å². The van der Waals surface area contributed by atoms with Gasteiger partial charge in [-0.1, -0.05) is 6.92 Å². The van der Waals surface area contributed by atoms with Crippen LogP contribution in [0.1, 0.15) is 40.5 Å². The lowest BCUT2D eigenvalue weighted by atomic mass is 9.69. The van der Waals surface area contributed by atoms with E-state index in [1.165, 1.54) is 0 Å². The molecule has 4 heteroatoms. The molecule has 2 fully saturated rings. The van der Waals surface area contributed by atoms with Gasteiger partial charge in [-0.15, -0.1) is 0 Å². The third-order valence-electron chi connectivity index (χ3n) is 3.73. The van der Waals surface area contributed by atoms with Gasteiger partial charge >= 0.3 is 11.9 Å². The minimum Gasteiger partial charge on any atom is -0.463 e. The van der Waals surface area contributed by atoms with Gasteiger partial charge < -0.3 is 9.47 Å². The monoisotopic (exact) mass is 240 g/mol. The molecule has 4 atom stereocenters. The Labute approximate surface area is 102 Å². The Morgan fingerprint density at radius 2 is 2.12 bits per heavy atom. The molecule has 0 unspecified atom stereocenters. The van der Waals surface area contributed by atoms with E-state index in [0.29, 0.717) is 6.42 Å². The van der Waals surface area contributed by atoms with Gasteiger partial charge in [-0.25, -0.2) is 0 Å². The summed E-state index contributed by atoms with van der Waals surface area (Å²) in [4.78, 5) is 23.8. The Hall–Kier alpha value is -1.06. The highest BCUT2D eigenvalue weighted by molar-refractivity contribution is 5.84. The van der Waals surface area contributed by atoms with Gasteiger partial charge in [0.2, 0.25) is 0 Å². The van der Waals surface area contributed by atoms with E-state index >= 15 is 0 Å². The van der Waals surface area contributed by atoms with E-state index in [1.54, 1.807) is 0 Å². The zero-order valence-corrected chi connectivity index (χ0v) is 10.9. The maximum absolute atomic E-state index is 12.0. The molecule has 1 saturated carbocycles. The van der Waals surface area contributed by atoms with Crippen LogP contribution in [-0.4, -0.2) is 23.6 Å². The summed E-state index contributed by atoms with van der Waals surface area (Å²) in [5.41, 5.74) is -0.365. The Balaban J connectivity index is 2.17. The normalized spacial score (nSPS) is 40.3. The van der Waals surface area contributed by atoms with Crippen LogP contribution in [0.4, 0.5) is 0 Å². The first-order valence-corrected chi connectivity index (χ1v) is 6.26. The highest BCUT2D eigenvalue weighted by Crippen LogP contribution is 2.48. The lowest BCUT2D eigenvalue weighted by Crippen LogP contribution is -2.41. The highest BCUT2D eigenvalue weighted by Gasteiger charge is 2.56. The lowest BCUT2D eigenvalue weighted by Gasteiger charge is -2.35. The number of carbonyl (C=O) groups is 2. The summed E-state index contributed by atoms with van der Waals surface area (Å²) in [5.74, 6) is -0.993. The second-order valence-electron chi connectivity index (χ2n) is 5.87. The van der Waals surface area contributed by atoms with Crippen molar-refractivity contribution >= 4 is 11.9 Å². The third kappa shape index (κ3) is 2.17. The van der Waals surface area contributed by atoms with Crippen LogP contribution in [0.15, 0.2) is 0 Å². The van der Waals surface area contributed by atoms with E-state index in [1.807, 2.05) is 27.7 Å². The molecule has 2 aliphatic rings. The SMILES string of the molecule is CC(C)OC(=O)[C@H]1[C@H](C)C[C@]2(C)C[C@@H]1C(=O)O2. The van der Waals surface area contributed by atoms with Crippen molar-refractivity contribution in [1.29, 1.82) is 0 Å². The fraction of sp³-hybridized carbons (Fsp3) is 0.846. The smallest absolute Gasteiger partial charge is 0.310 e. The number of hydrogen-bond acceptors (Lipinski definition) is 4. The second kappa shape index (κ2) is 4.00. The van der Waals surface area contributed by atoms with Crippen molar-refractivity contribution in [2.45, 2.75) is 52.2 Å². The van der Waals surface area contributed by atoms with Crippen LogP contribution in [-0.2, 0) is 19.1 Å². The van der Waals surface area contributed by atoms with E-state index < -0.39 is 0 Å². The maximum atomic E-state index is 12.0. The zero-order valence-electron chi connectivity index (χ0n) is 10.9. The first-order valence-electron chi connectivity index (χ1n) is 6.26. The minimum atomic E-state index is -0.365. The predicted molar refractivity (Wildman–Crippen MR) is 61.1 cm³/mol. The number of rotatable bonds is 2. The van der Waals surface area contributed by atoms with Gasteiger partial charge in [0.15, 0.2) is 0 Å². The van der Waals surface area contributed by atoms with E-state index in [9.17, 15) is 9.59 Å². The molecule has 0 N–H and O–H groups in total. The molecule has 0 aromatic carbocycles. The van der Waals surface area contributed by atoms with Crippen molar-refractivity contribution in [3.63, 3.8) is 0 Å². The molecule has 1 aliphatic heterocycles. The van der Waals surface area contributed by atoms with Crippen LogP contribution in [0.2, 0.25) is 0 Å². The van der Waals surface area contributed by atoms with Crippen molar-refractivity contribution in [1.82, 2.24) is 0 Å². The summed E-state index contributed by atoms with van der Waals surface area (Å²) in [6.07, 6.45) is 1.25. The van der Waals surface area contributed by atoms with Crippen molar-refractivity contribution in [3.05, 3.63) is 0 Å². The topological polar surface area (TPSA) is 52.6 Å². The highest BCUT2D eigenvalue weighted by atomic mass is 16.6. The molecule has 17 heavy (non-hydrogen) atoms. The molecular weight excluding hydrogens is 220 g/mol. The summed E-state index contributed by atoms with van der Waals surface area (Å²) in [6, 6.07) is 0. The van der Waals surface area contributed by atoms with Crippen LogP contribution in [0.5, 0.6) is 0 Å². The van der Waals surface area contributed by atoms with Crippen molar-refractivity contribution in [2.75, 3.05) is 0 Å². The molecule has 0 spiro atoms. The largest absolute Gasteiger partial charge is 0.463 e. The van der Waals surface area contributed by atoms with Gasteiger partial charge in [-0.2, -0.15) is 0 Å². The Bertz CT molecular complexity index is 349. The lowest BCUT2D eigenvalue weighted by molar-refractivity contribution is -0.160. The van der Waals surface area contributed by atoms with Crippen LogP contribution < -0.4 is 0 Å². The minimum absolute atomic E-state index is 0.136. The molecule has 0 radical (unpaired) electrons. The molecule has 4 nitrogen and oxygen atoms in total. The van der Waals surface area contributed by atoms with Crippen LogP contribution in [0.25, 0.3) is 0 Å². The van der Waals surface area contributed by atoms with E-state index in [0.717, 1.165) is 6.42 Å². The summed E-state index contributed by atoms with van der Waals surface area (Å²) in [7, 11) is 0. The van der Waals surface area contributed by atoms with Crippen LogP contribution in [0, 0.1) is 17.8 Å². The molecule has 1 saturated heterocycles. The van der Waals surface area contributed by atoms with Gasteiger partial charge in [0.05, 0.1) is 17.9 Å². The fourth-order valence-electron chi connectivity index (χ4n) is 3.22. The van der Waals surface area contributed by atoms with Crippen LogP contribution in [0.3, 0.4) is 0 Å². The molecule has 1 aliphatic carbocycles. The van der Waals surface area contributed by atoms with E-state index in [4.69, 9.17) is 9.47 Å². The Morgan fingerprint density at radius 3 is 2.71 bits per heavy atom. The number of hydrogen-bond donors (Lipinski definition) is 0. The average Bonchev–Trinajstić information content (AvgIpc) is 2.35. The molecule has 0 aromatic rings. The first kappa shape index (κ1) is 12.4. The summed E-state index contributed by atoms with van der Waals surface area (Å²) < 4.78 is 10.6. The average molecular weight is 240 g/mol. The van der Waals surface area contributed by atoms with Gasteiger partial charge in [-0.05, 0) is 33.1 Å². The van der Waals surface area contributed by atoms with Crippen molar-refractivity contribution in [2.24, 2.45) is 17.8 Å². The number of esters is 2.